The fraction of sp³-hybridized carbons (Fsp3) is 0.625. The van der Waals surface area contributed by atoms with Crippen molar-refractivity contribution in [1.29, 1.82) is 0 Å². The number of ether oxygens (including phenoxy) is 1. The van der Waals surface area contributed by atoms with Crippen molar-refractivity contribution in [2.75, 3.05) is 20.2 Å². The molecule has 9 heteroatoms. The fourth-order valence-corrected chi connectivity index (χ4v) is 3.53. The molecule has 3 rings (SSSR count). The van der Waals surface area contributed by atoms with E-state index in [2.05, 4.69) is 20.5 Å². The van der Waals surface area contributed by atoms with Gasteiger partial charge in [0.1, 0.15) is 11.3 Å². The molecule has 0 aliphatic carbocycles. The summed E-state index contributed by atoms with van der Waals surface area (Å²) in [6.45, 7) is 4.95. The average molecular weight is 350 g/mol. The van der Waals surface area contributed by atoms with Crippen LogP contribution in [0.25, 0.3) is 0 Å². The minimum Gasteiger partial charge on any atom is -0.464 e. The van der Waals surface area contributed by atoms with Gasteiger partial charge in [-0.2, -0.15) is 0 Å². The Morgan fingerprint density at radius 3 is 2.72 bits per heavy atom. The summed E-state index contributed by atoms with van der Waals surface area (Å²) in [4.78, 5) is 38.3. The van der Waals surface area contributed by atoms with E-state index in [1.54, 1.807) is 13.8 Å². The monoisotopic (exact) mass is 350 g/mol. The summed E-state index contributed by atoms with van der Waals surface area (Å²) in [5, 5.41) is 9.77. The first-order valence-corrected chi connectivity index (χ1v) is 8.26. The molecule has 136 valence electrons. The van der Waals surface area contributed by atoms with E-state index >= 15 is 0 Å². The number of esters is 1. The zero-order chi connectivity index (χ0) is 18.2. The molecule has 2 N–H and O–H groups in total. The van der Waals surface area contributed by atoms with Gasteiger partial charge in [-0.1, -0.05) is 5.16 Å². The molecule has 25 heavy (non-hydrogen) atoms. The molecular formula is C16H22N4O5. The maximum absolute atomic E-state index is 13.0. The minimum absolute atomic E-state index is 0.0175. The van der Waals surface area contributed by atoms with E-state index in [-0.39, 0.29) is 24.1 Å². The third-order valence-electron chi connectivity index (χ3n) is 5.14. The van der Waals surface area contributed by atoms with Crippen LogP contribution in [0.2, 0.25) is 0 Å². The summed E-state index contributed by atoms with van der Waals surface area (Å²) in [6, 6.07) is -0.470. The fourth-order valence-electron chi connectivity index (χ4n) is 3.53. The van der Waals surface area contributed by atoms with E-state index in [0.29, 0.717) is 11.3 Å². The lowest BCUT2D eigenvalue weighted by Gasteiger charge is -2.34. The van der Waals surface area contributed by atoms with Crippen LogP contribution in [0.5, 0.6) is 0 Å². The van der Waals surface area contributed by atoms with Crippen molar-refractivity contribution in [3.8, 4) is 0 Å². The predicted molar refractivity (Wildman–Crippen MR) is 85.7 cm³/mol. The Hall–Kier alpha value is -2.42. The average Bonchev–Trinajstić information content (AvgIpc) is 3.08. The van der Waals surface area contributed by atoms with Crippen LogP contribution in [-0.4, -0.2) is 53.7 Å². The van der Waals surface area contributed by atoms with Crippen molar-refractivity contribution in [3.63, 3.8) is 0 Å². The number of nitrogens with one attached hydrogen (secondary N) is 2. The van der Waals surface area contributed by atoms with E-state index in [1.165, 1.54) is 7.11 Å². The van der Waals surface area contributed by atoms with Crippen LogP contribution < -0.4 is 10.6 Å². The number of imide groups is 1. The van der Waals surface area contributed by atoms with Crippen LogP contribution in [0.15, 0.2) is 4.52 Å². The number of methoxy groups -OCH3 is 1. The quantitative estimate of drug-likeness (QED) is 0.603. The highest BCUT2D eigenvalue weighted by Gasteiger charge is 2.52. The number of aryl methyl sites for hydroxylation is 1. The molecule has 2 aliphatic heterocycles. The standard InChI is InChI=1S/C16H22N4O5/c1-9-11(12(19-25-9)13(21)24-3)8-20-14(22)16(2,18-15(20)23)10-4-6-17-7-5-10/h10,17H,4-8H2,1-3H3,(H,18,23)/t16-/m0/s1. The first kappa shape index (κ1) is 17.4. The molecule has 1 atom stereocenters. The van der Waals surface area contributed by atoms with Gasteiger partial charge in [-0.15, -0.1) is 0 Å². The Kier molecular flexibility index (Phi) is 4.51. The number of amides is 3. The number of carbonyl (C=O) groups is 3. The molecule has 0 unspecified atom stereocenters. The van der Waals surface area contributed by atoms with Gasteiger partial charge in [-0.25, -0.2) is 9.59 Å². The smallest absolute Gasteiger partial charge is 0.360 e. The second-order valence-electron chi connectivity index (χ2n) is 6.61. The van der Waals surface area contributed by atoms with E-state index in [0.717, 1.165) is 30.8 Å². The summed E-state index contributed by atoms with van der Waals surface area (Å²) in [7, 11) is 1.23. The van der Waals surface area contributed by atoms with Crippen molar-refractivity contribution >= 4 is 17.9 Å². The van der Waals surface area contributed by atoms with Gasteiger partial charge in [0.15, 0.2) is 5.69 Å². The molecule has 0 bridgehead atoms. The highest BCUT2D eigenvalue weighted by atomic mass is 16.5. The summed E-state index contributed by atoms with van der Waals surface area (Å²) in [6.07, 6.45) is 1.63. The predicted octanol–water partition coefficient (Wildman–Crippen LogP) is 0.580. The molecule has 1 aromatic heterocycles. The molecule has 0 saturated carbocycles. The number of nitrogens with zero attached hydrogens (tertiary/aromatic N) is 2. The number of hydrogen-bond acceptors (Lipinski definition) is 7. The van der Waals surface area contributed by atoms with Gasteiger partial charge in [0, 0.05) is 5.56 Å². The number of aromatic nitrogens is 1. The van der Waals surface area contributed by atoms with Crippen LogP contribution in [0, 0.1) is 12.8 Å². The molecule has 2 aliphatic rings. The molecule has 3 amide bonds. The molecule has 3 heterocycles. The Labute approximate surface area is 145 Å². The summed E-state index contributed by atoms with van der Waals surface area (Å²) in [5.41, 5.74) is -0.573. The number of piperidine rings is 1. The molecule has 0 spiro atoms. The zero-order valence-electron chi connectivity index (χ0n) is 14.5. The molecule has 9 nitrogen and oxygen atoms in total. The number of carbonyl (C=O) groups excluding carboxylic acids is 3. The van der Waals surface area contributed by atoms with Gasteiger partial charge in [0.2, 0.25) is 0 Å². The lowest BCUT2D eigenvalue weighted by Crippen LogP contribution is -2.53. The molecule has 2 saturated heterocycles. The summed E-state index contributed by atoms with van der Waals surface area (Å²) >= 11 is 0. The first-order chi connectivity index (χ1) is 11.9. The Morgan fingerprint density at radius 1 is 1.40 bits per heavy atom. The Balaban J connectivity index is 1.84. The van der Waals surface area contributed by atoms with Crippen LogP contribution in [0.3, 0.4) is 0 Å². The molecule has 2 fully saturated rings. The maximum atomic E-state index is 13.0. The number of hydrogen-bond donors (Lipinski definition) is 2. The molecular weight excluding hydrogens is 328 g/mol. The second kappa shape index (κ2) is 6.47. The van der Waals surface area contributed by atoms with Crippen LogP contribution in [-0.2, 0) is 16.1 Å². The van der Waals surface area contributed by atoms with Crippen molar-refractivity contribution in [2.24, 2.45) is 5.92 Å². The van der Waals surface area contributed by atoms with Crippen LogP contribution in [0.1, 0.15) is 41.6 Å². The Morgan fingerprint density at radius 2 is 2.08 bits per heavy atom. The van der Waals surface area contributed by atoms with E-state index in [9.17, 15) is 14.4 Å². The van der Waals surface area contributed by atoms with Crippen LogP contribution >= 0.6 is 0 Å². The summed E-state index contributed by atoms with van der Waals surface area (Å²) in [5.74, 6) is -0.517. The van der Waals surface area contributed by atoms with Gasteiger partial charge >= 0.3 is 12.0 Å². The highest BCUT2D eigenvalue weighted by Crippen LogP contribution is 2.33. The lowest BCUT2D eigenvalue weighted by atomic mass is 9.79. The molecule has 1 aromatic rings. The topological polar surface area (TPSA) is 114 Å². The SMILES string of the molecule is COC(=O)c1noc(C)c1CN1C(=O)N[C@@](C)(C2CCNCC2)C1=O. The van der Waals surface area contributed by atoms with Gasteiger partial charge in [0.05, 0.1) is 13.7 Å². The van der Waals surface area contributed by atoms with Gasteiger partial charge in [0.25, 0.3) is 5.91 Å². The van der Waals surface area contributed by atoms with Crippen molar-refractivity contribution in [1.82, 2.24) is 20.7 Å². The molecule has 0 aromatic carbocycles. The first-order valence-electron chi connectivity index (χ1n) is 8.26. The Bertz CT molecular complexity index is 709. The van der Waals surface area contributed by atoms with E-state index in [4.69, 9.17) is 4.52 Å². The van der Waals surface area contributed by atoms with Crippen molar-refractivity contribution < 1.29 is 23.6 Å². The highest BCUT2D eigenvalue weighted by molar-refractivity contribution is 6.07. The van der Waals surface area contributed by atoms with E-state index < -0.39 is 17.5 Å². The third kappa shape index (κ3) is 2.88. The van der Waals surface area contributed by atoms with Gasteiger partial charge < -0.3 is 19.9 Å². The van der Waals surface area contributed by atoms with Gasteiger partial charge in [-0.3, -0.25) is 9.69 Å². The maximum Gasteiger partial charge on any atom is 0.360 e. The number of urea groups is 1. The van der Waals surface area contributed by atoms with Crippen molar-refractivity contribution in [2.45, 2.75) is 38.8 Å². The summed E-state index contributed by atoms with van der Waals surface area (Å²) < 4.78 is 9.71. The number of rotatable bonds is 4. The minimum atomic E-state index is -0.935. The second-order valence-corrected chi connectivity index (χ2v) is 6.61. The third-order valence-corrected chi connectivity index (χ3v) is 5.14. The van der Waals surface area contributed by atoms with Crippen LogP contribution in [0.4, 0.5) is 4.79 Å². The van der Waals surface area contributed by atoms with Crippen molar-refractivity contribution in [3.05, 3.63) is 17.0 Å². The molecule has 0 radical (unpaired) electrons. The zero-order valence-corrected chi connectivity index (χ0v) is 14.5. The normalized spacial score (nSPS) is 24.5. The largest absolute Gasteiger partial charge is 0.464 e. The lowest BCUT2D eigenvalue weighted by molar-refractivity contribution is -0.133. The van der Waals surface area contributed by atoms with Gasteiger partial charge in [-0.05, 0) is 45.7 Å². The van der Waals surface area contributed by atoms with E-state index in [1.807, 2.05) is 0 Å².